The van der Waals surface area contributed by atoms with Crippen LogP contribution in [0.2, 0.25) is 0 Å². The minimum absolute atomic E-state index is 0.127. The Bertz CT molecular complexity index is 1030. The minimum atomic E-state index is -3.74. The molecule has 1 fully saturated rings. The number of nitrogens with zero attached hydrogens (tertiary/aromatic N) is 1. The number of carbonyl (C=O) groups is 1. The molecule has 0 aromatic heterocycles. The zero-order chi connectivity index (χ0) is 22.8. The van der Waals surface area contributed by atoms with E-state index in [-0.39, 0.29) is 22.3 Å². The van der Waals surface area contributed by atoms with E-state index in [2.05, 4.69) is 42.8 Å². The van der Waals surface area contributed by atoms with Crippen molar-refractivity contribution in [2.75, 3.05) is 24.9 Å². The molecule has 2 N–H and O–H groups in total. The monoisotopic (exact) mass is 443 g/mol. The van der Waals surface area contributed by atoms with Crippen LogP contribution in [0.25, 0.3) is 0 Å². The first kappa shape index (κ1) is 23.3. The van der Waals surface area contributed by atoms with Gasteiger partial charge in [-0.05, 0) is 86.8 Å². The van der Waals surface area contributed by atoms with E-state index in [9.17, 15) is 13.2 Å². The lowest BCUT2D eigenvalue weighted by atomic mass is 9.87. The number of hydrogen-bond donors (Lipinski definition) is 2. The Kier molecular flexibility index (Phi) is 6.76. The third-order valence-corrected chi connectivity index (χ3v) is 7.32. The molecule has 31 heavy (non-hydrogen) atoms. The van der Waals surface area contributed by atoms with E-state index >= 15 is 0 Å². The van der Waals surface area contributed by atoms with E-state index in [0.717, 1.165) is 31.5 Å². The zero-order valence-corrected chi connectivity index (χ0v) is 19.8. The number of amides is 1. The fourth-order valence-corrected chi connectivity index (χ4v) is 5.01. The second kappa shape index (κ2) is 9.01. The van der Waals surface area contributed by atoms with Gasteiger partial charge >= 0.3 is 0 Å². The van der Waals surface area contributed by atoms with Crippen molar-refractivity contribution >= 4 is 21.6 Å². The second-order valence-electron chi connectivity index (χ2n) is 9.46. The van der Waals surface area contributed by atoms with Crippen molar-refractivity contribution in [2.45, 2.75) is 56.9 Å². The molecule has 2 aromatic rings. The van der Waals surface area contributed by atoms with Gasteiger partial charge in [-0.25, -0.2) is 8.42 Å². The normalized spacial score (nSPS) is 16.2. The molecule has 1 saturated heterocycles. The van der Waals surface area contributed by atoms with Crippen LogP contribution in [0.15, 0.2) is 47.4 Å². The lowest BCUT2D eigenvalue weighted by molar-refractivity contribution is 0.0917. The van der Waals surface area contributed by atoms with Gasteiger partial charge in [0.15, 0.2) is 0 Å². The van der Waals surface area contributed by atoms with Crippen LogP contribution in [0.3, 0.4) is 0 Å². The molecule has 0 aliphatic carbocycles. The second-order valence-corrected chi connectivity index (χ2v) is 11.1. The molecule has 1 amide bonds. The largest absolute Gasteiger partial charge is 0.349 e. The van der Waals surface area contributed by atoms with Crippen molar-refractivity contribution in [3.05, 3.63) is 59.2 Å². The van der Waals surface area contributed by atoms with Crippen LogP contribution in [-0.2, 0) is 15.4 Å². The molecule has 7 heteroatoms. The number of aryl methyl sites for hydroxylation is 1. The molecule has 0 atom stereocenters. The molecule has 0 saturated carbocycles. The van der Waals surface area contributed by atoms with Crippen molar-refractivity contribution in [2.24, 2.45) is 0 Å². The summed E-state index contributed by atoms with van der Waals surface area (Å²) in [7, 11) is -1.66. The van der Waals surface area contributed by atoms with Gasteiger partial charge in [-0.2, -0.15) is 0 Å². The first-order valence-corrected chi connectivity index (χ1v) is 12.2. The van der Waals surface area contributed by atoms with Crippen LogP contribution < -0.4 is 10.0 Å². The number of piperidine rings is 1. The lowest BCUT2D eigenvalue weighted by Gasteiger charge is -2.29. The van der Waals surface area contributed by atoms with Gasteiger partial charge in [-0.3, -0.25) is 9.52 Å². The molecule has 1 aliphatic heterocycles. The SMILES string of the molecule is Cc1ccc(C(C)(C)C)cc1S(=O)(=O)Nc1ccc(C(=O)NC2CCN(C)CC2)cc1. The molecule has 6 nitrogen and oxygen atoms in total. The highest BCUT2D eigenvalue weighted by Gasteiger charge is 2.22. The van der Waals surface area contributed by atoms with Crippen molar-refractivity contribution in [3.8, 4) is 0 Å². The van der Waals surface area contributed by atoms with Gasteiger partial charge < -0.3 is 10.2 Å². The summed E-state index contributed by atoms with van der Waals surface area (Å²) in [6.07, 6.45) is 1.88. The van der Waals surface area contributed by atoms with E-state index in [1.807, 2.05) is 12.1 Å². The Hall–Kier alpha value is -2.38. The van der Waals surface area contributed by atoms with E-state index < -0.39 is 10.0 Å². The summed E-state index contributed by atoms with van der Waals surface area (Å²) in [5.41, 5.74) is 2.44. The van der Waals surface area contributed by atoms with E-state index in [1.54, 1.807) is 37.3 Å². The molecule has 3 rings (SSSR count). The summed E-state index contributed by atoms with van der Waals surface area (Å²) in [4.78, 5) is 15.0. The first-order valence-electron chi connectivity index (χ1n) is 10.7. The molecule has 168 valence electrons. The molecule has 2 aromatic carbocycles. The van der Waals surface area contributed by atoms with Crippen molar-refractivity contribution in [1.82, 2.24) is 10.2 Å². The summed E-state index contributed by atoms with van der Waals surface area (Å²) in [6, 6.07) is 12.3. The number of likely N-dealkylation sites (tertiary alicyclic amines) is 1. The Labute approximate surface area is 186 Å². The molecule has 0 spiro atoms. The minimum Gasteiger partial charge on any atom is -0.349 e. The molecular weight excluding hydrogens is 410 g/mol. The molecule has 0 radical (unpaired) electrons. The zero-order valence-electron chi connectivity index (χ0n) is 19.0. The molecule has 1 heterocycles. The number of rotatable bonds is 5. The fourth-order valence-electron chi connectivity index (χ4n) is 3.68. The van der Waals surface area contributed by atoms with E-state index in [1.165, 1.54) is 0 Å². The van der Waals surface area contributed by atoms with Gasteiger partial charge in [0.1, 0.15) is 0 Å². The topological polar surface area (TPSA) is 78.5 Å². The summed E-state index contributed by atoms with van der Waals surface area (Å²) >= 11 is 0. The average Bonchev–Trinajstić information content (AvgIpc) is 2.69. The highest BCUT2D eigenvalue weighted by molar-refractivity contribution is 7.92. The van der Waals surface area contributed by atoms with Gasteiger partial charge in [-0.1, -0.05) is 32.9 Å². The summed E-state index contributed by atoms with van der Waals surface area (Å²) < 4.78 is 28.7. The van der Waals surface area contributed by atoms with Crippen LogP contribution in [-0.4, -0.2) is 45.4 Å². The van der Waals surface area contributed by atoms with Gasteiger partial charge in [0.2, 0.25) is 0 Å². The van der Waals surface area contributed by atoms with Crippen LogP contribution in [0.5, 0.6) is 0 Å². The van der Waals surface area contributed by atoms with Crippen molar-refractivity contribution in [3.63, 3.8) is 0 Å². The third-order valence-electron chi connectivity index (χ3n) is 5.80. The number of anilines is 1. The Morgan fingerprint density at radius 3 is 2.23 bits per heavy atom. The predicted molar refractivity (Wildman–Crippen MR) is 125 cm³/mol. The van der Waals surface area contributed by atoms with Gasteiger partial charge in [0.25, 0.3) is 15.9 Å². The third kappa shape index (κ3) is 5.86. The van der Waals surface area contributed by atoms with Crippen LogP contribution in [0.1, 0.15) is 55.1 Å². The van der Waals surface area contributed by atoms with Gasteiger partial charge in [-0.15, -0.1) is 0 Å². The van der Waals surface area contributed by atoms with Crippen LogP contribution in [0, 0.1) is 6.92 Å². The standard InChI is InChI=1S/C24H33N3O3S/c1-17-6-9-19(24(2,3)4)16-22(17)31(29,30)26-21-10-7-18(8-11-21)23(28)25-20-12-14-27(5)15-13-20/h6-11,16,20,26H,12-15H2,1-5H3,(H,25,28). The quantitative estimate of drug-likeness (QED) is 0.734. The van der Waals surface area contributed by atoms with Gasteiger partial charge in [0, 0.05) is 17.3 Å². The van der Waals surface area contributed by atoms with Gasteiger partial charge in [0.05, 0.1) is 4.90 Å². The van der Waals surface area contributed by atoms with Crippen LogP contribution >= 0.6 is 0 Å². The predicted octanol–water partition coefficient (Wildman–Crippen LogP) is 3.92. The smallest absolute Gasteiger partial charge is 0.262 e. The number of hydrogen-bond acceptors (Lipinski definition) is 4. The Morgan fingerprint density at radius 2 is 1.65 bits per heavy atom. The first-order chi connectivity index (χ1) is 14.5. The number of nitrogens with one attached hydrogen (secondary N) is 2. The molecule has 0 unspecified atom stereocenters. The maximum Gasteiger partial charge on any atom is 0.262 e. The van der Waals surface area contributed by atoms with Crippen molar-refractivity contribution in [1.29, 1.82) is 0 Å². The summed E-state index contributed by atoms with van der Waals surface area (Å²) in [5, 5.41) is 3.07. The number of carbonyl (C=O) groups excluding carboxylic acids is 1. The van der Waals surface area contributed by atoms with E-state index in [4.69, 9.17) is 0 Å². The number of sulfonamides is 1. The molecule has 0 bridgehead atoms. The van der Waals surface area contributed by atoms with Crippen molar-refractivity contribution < 1.29 is 13.2 Å². The average molecular weight is 444 g/mol. The Morgan fingerprint density at radius 1 is 1.03 bits per heavy atom. The maximum absolute atomic E-state index is 13.0. The maximum atomic E-state index is 13.0. The lowest BCUT2D eigenvalue weighted by Crippen LogP contribution is -2.43. The molecule has 1 aliphatic rings. The highest BCUT2D eigenvalue weighted by Crippen LogP contribution is 2.28. The Balaban J connectivity index is 1.71. The molecular formula is C24H33N3O3S. The summed E-state index contributed by atoms with van der Waals surface area (Å²) in [6.45, 7) is 9.89. The van der Waals surface area contributed by atoms with E-state index in [0.29, 0.717) is 16.8 Å². The highest BCUT2D eigenvalue weighted by atomic mass is 32.2. The summed E-state index contributed by atoms with van der Waals surface area (Å²) in [5.74, 6) is -0.127. The fraction of sp³-hybridized carbons (Fsp3) is 0.458. The van der Waals surface area contributed by atoms with Crippen LogP contribution in [0.4, 0.5) is 5.69 Å². The number of benzene rings is 2.